The van der Waals surface area contributed by atoms with Gasteiger partial charge in [-0.1, -0.05) is 0 Å². The number of halogens is 1. The highest BCUT2D eigenvalue weighted by Crippen LogP contribution is 2.29. The fraction of sp³-hybridized carbons (Fsp3) is 0. The number of benzene rings is 2. The molecule has 1 heterocycles. The van der Waals surface area contributed by atoms with Crippen LogP contribution in [0.4, 0.5) is 5.69 Å². The van der Waals surface area contributed by atoms with E-state index in [2.05, 4.69) is 34.7 Å². The highest BCUT2D eigenvalue weighted by Gasteiger charge is 2.06. The van der Waals surface area contributed by atoms with Gasteiger partial charge in [-0.25, -0.2) is 0 Å². The molecular weight excluding hydrogens is 325 g/mol. The lowest BCUT2D eigenvalue weighted by Crippen LogP contribution is -1.82. The van der Waals surface area contributed by atoms with Crippen LogP contribution in [0.25, 0.3) is 22.3 Å². The van der Waals surface area contributed by atoms with Crippen LogP contribution < -0.4 is 5.73 Å². The molecule has 0 atom stereocenters. The minimum Gasteiger partial charge on any atom is -0.456 e. The third kappa shape index (κ3) is 2.02. The molecule has 17 heavy (non-hydrogen) atoms. The summed E-state index contributed by atoms with van der Waals surface area (Å²) in [6.07, 6.45) is 0. The largest absolute Gasteiger partial charge is 0.456 e. The maximum atomic E-state index is 5.80. The number of furan rings is 1. The second-order valence-electron chi connectivity index (χ2n) is 3.91. The first kappa shape index (κ1) is 10.7. The molecular formula is C14H10INO. The van der Waals surface area contributed by atoms with Gasteiger partial charge in [-0.05, 0) is 71.1 Å². The third-order valence-electron chi connectivity index (χ3n) is 2.67. The molecule has 0 aliphatic rings. The zero-order chi connectivity index (χ0) is 11.8. The monoisotopic (exact) mass is 335 g/mol. The van der Waals surface area contributed by atoms with E-state index in [-0.39, 0.29) is 0 Å². The fourth-order valence-corrected chi connectivity index (χ4v) is 2.32. The van der Waals surface area contributed by atoms with Crippen molar-refractivity contribution in [2.75, 3.05) is 5.73 Å². The SMILES string of the molecule is Nc1ccc(-c2cc3cc(I)ccc3o2)cc1. The summed E-state index contributed by atoms with van der Waals surface area (Å²) in [4.78, 5) is 0. The van der Waals surface area contributed by atoms with Crippen molar-refractivity contribution >= 4 is 39.2 Å². The van der Waals surface area contributed by atoms with Crippen LogP contribution in [0.3, 0.4) is 0 Å². The summed E-state index contributed by atoms with van der Waals surface area (Å²) in [6.45, 7) is 0. The average Bonchev–Trinajstić information content (AvgIpc) is 2.72. The Balaban J connectivity index is 2.14. The molecule has 0 amide bonds. The van der Waals surface area contributed by atoms with Crippen LogP contribution in [0, 0.1) is 3.57 Å². The Hall–Kier alpha value is -1.49. The van der Waals surface area contributed by atoms with Crippen LogP contribution in [0.5, 0.6) is 0 Å². The van der Waals surface area contributed by atoms with Crippen LogP contribution in [0.1, 0.15) is 0 Å². The molecule has 3 heteroatoms. The van der Waals surface area contributed by atoms with Gasteiger partial charge in [0, 0.05) is 20.2 Å². The molecule has 0 aliphatic heterocycles. The summed E-state index contributed by atoms with van der Waals surface area (Å²) in [5, 5.41) is 1.13. The molecule has 1 aromatic heterocycles. The smallest absolute Gasteiger partial charge is 0.135 e. The van der Waals surface area contributed by atoms with Gasteiger partial charge in [0.25, 0.3) is 0 Å². The van der Waals surface area contributed by atoms with Crippen molar-refractivity contribution in [1.29, 1.82) is 0 Å². The molecule has 3 rings (SSSR count). The van der Waals surface area contributed by atoms with E-state index in [1.54, 1.807) is 0 Å². The Labute approximate surface area is 113 Å². The van der Waals surface area contributed by atoms with E-state index < -0.39 is 0 Å². The quantitative estimate of drug-likeness (QED) is 0.532. The molecule has 0 spiro atoms. The molecule has 2 N–H and O–H groups in total. The van der Waals surface area contributed by atoms with Gasteiger partial charge in [0.2, 0.25) is 0 Å². The van der Waals surface area contributed by atoms with Gasteiger partial charge >= 0.3 is 0 Å². The molecule has 2 nitrogen and oxygen atoms in total. The van der Waals surface area contributed by atoms with Crippen molar-refractivity contribution in [3.8, 4) is 11.3 Å². The Kier molecular flexibility index (Phi) is 2.55. The number of hydrogen-bond acceptors (Lipinski definition) is 2. The highest BCUT2D eigenvalue weighted by atomic mass is 127. The van der Waals surface area contributed by atoms with E-state index in [1.165, 1.54) is 3.57 Å². The van der Waals surface area contributed by atoms with Gasteiger partial charge in [0.05, 0.1) is 0 Å². The third-order valence-corrected chi connectivity index (χ3v) is 3.34. The van der Waals surface area contributed by atoms with Gasteiger partial charge < -0.3 is 10.2 Å². The molecule has 0 aliphatic carbocycles. The number of rotatable bonds is 1. The molecule has 0 saturated heterocycles. The molecule has 0 bridgehead atoms. The Bertz CT molecular complexity index is 670. The first-order valence-corrected chi connectivity index (χ1v) is 6.35. The normalized spacial score (nSPS) is 10.9. The summed E-state index contributed by atoms with van der Waals surface area (Å²) >= 11 is 2.30. The second kappa shape index (κ2) is 4.07. The zero-order valence-corrected chi connectivity index (χ0v) is 11.1. The summed E-state index contributed by atoms with van der Waals surface area (Å²) in [6, 6.07) is 15.9. The summed E-state index contributed by atoms with van der Waals surface area (Å²) in [7, 11) is 0. The summed E-state index contributed by atoms with van der Waals surface area (Å²) in [5.41, 5.74) is 8.39. The molecule has 0 fully saturated rings. The number of nitrogen functional groups attached to an aromatic ring is 1. The minimum absolute atomic E-state index is 0.763. The van der Waals surface area contributed by atoms with E-state index >= 15 is 0 Å². The van der Waals surface area contributed by atoms with Crippen LogP contribution >= 0.6 is 22.6 Å². The number of anilines is 1. The lowest BCUT2D eigenvalue weighted by atomic mass is 10.1. The highest BCUT2D eigenvalue weighted by molar-refractivity contribution is 14.1. The minimum atomic E-state index is 0.763. The zero-order valence-electron chi connectivity index (χ0n) is 8.98. The van der Waals surface area contributed by atoms with Crippen molar-refractivity contribution in [3.05, 3.63) is 52.1 Å². The van der Waals surface area contributed by atoms with Crippen LogP contribution in [0.2, 0.25) is 0 Å². The van der Waals surface area contributed by atoms with Crippen LogP contribution in [-0.4, -0.2) is 0 Å². The topological polar surface area (TPSA) is 39.2 Å². The van der Waals surface area contributed by atoms with Gasteiger partial charge in [-0.2, -0.15) is 0 Å². The van der Waals surface area contributed by atoms with E-state index in [9.17, 15) is 0 Å². The van der Waals surface area contributed by atoms with E-state index in [4.69, 9.17) is 10.2 Å². The van der Waals surface area contributed by atoms with Crippen molar-refractivity contribution in [1.82, 2.24) is 0 Å². The van der Waals surface area contributed by atoms with Crippen LogP contribution in [0.15, 0.2) is 52.9 Å². The lowest BCUT2D eigenvalue weighted by Gasteiger charge is -1.96. The second-order valence-corrected chi connectivity index (χ2v) is 5.16. The Morgan fingerprint density at radius 3 is 2.47 bits per heavy atom. The maximum absolute atomic E-state index is 5.80. The van der Waals surface area contributed by atoms with Gasteiger partial charge in [-0.15, -0.1) is 0 Å². The summed E-state index contributed by atoms with van der Waals surface area (Å²) < 4.78 is 7.01. The molecule has 0 radical (unpaired) electrons. The molecule has 84 valence electrons. The molecule has 3 aromatic rings. The standard InChI is InChI=1S/C14H10INO/c15-11-3-6-13-10(7-11)8-14(17-13)9-1-4-12(16)5-2-9/h1-8H,16H2. The van der Waals surface area contributed by atoms with Crippen molar-refractivity contribution in [3.63, 3.8) is 0 Å². The number of nitrogens with two attached hydrogens (primary N) is 1. The van der Waals surface area contributed by atoms with Crippen LogP contribution in [-0.2, 0) is 0 Å². The molecule has 2 aromatic carbocycles. The van der Waals surface area contributed by atoms with Crippen molar-refractivity contribution in [2.45, 2.75) is 0 Å². The van der Waals surface area contributed by atoms with Gasteiger partial charge in [0.1, 0.15) is 11.3 Å². The van der Waals surface area contributed by atoms with E-state index in [0.29, 0.717) is 0 Å². The predicted molar refractivity (Wildman–Crippen MR) is 78.8 cm³/mol. The van der Waals surface area contributed by atoms with Gasteiger partial charge in [0.15, 0.2) is 0 Å². The van der Waals surface area contributed by atoms with E-state index in [1.807, 2.05) is 36.4 Å². The van der Waals surface area contributed by atoms with Crippen molar-refractivity contribution in [2.24, 2.45) is 0 Å². The van der Waals surface area contributed by atoms with Gasteiger partial charge in [-0.3, -0.25) is 0 Å². The molecule has 0 unspecified atom stereocenters. The molecule has 0 saturated carbocycles. The van der Waals surface area contributed by atoms with E-state index in [0.717, 1.165) is 28.0 Å². The lowest BCUT2D eigenvalue weighted by molar-refractivity contribution is 0.631. The maximum Gasteiger partial charge on any atom is 0.135 e. The predicted octanol–water partition coefficient (Wildman–Crippen LogP) is 4.29. The Morgan fingerprint density at radius 1 is 0.941 bits per heavy atom. The summed E-state index contributed by atoms with van der Waals surface area (Å²) in [5.74, 6) is 0.877. The first-order chi connectivity index (χ1) is 8.22. The number of fused-ring (bicyclic) bond motifs is 1. The average molecular weight is 335 g/mol. The first-order valence-electron chi connectivity index (χ1n) is 5.27. The number of hydrogen-bond donors (Lipinski definition) is 1. The van der Waals surface area contributed by atoms with Crippen molar-refractivity contribution < 1.29 is 4.42 Å². The Morgan fingerprint density at radius 2 is 1.71 bits per heavy atom. The fourth-order valence-electron chi connectivity index (χ4n) is 1.80.